The Bertz CT molecular complexity index is 458. The molecule has 0 aliphatic rings. The minimum absolute atomic E-state index is 0.0118. The molecule has 0 aromatic heterocycles. The van der Waals surface area contributed by atoms with E-state index in [-0.39, 0.29) is 19.1 Å². The van der Waals surface area contributed by atoms with Crippen LogP contribution in [0.15, 0.2) is 18.2 Å². The number of hydrogen-bond donors (Lipinski definition) is 1. The summed E-state index contributed by atoms with van der Waals surface area (Å²) in [4.78, 5) is 11.3. The summed E-state index contributed by atoms with van der Waals surface area (Å²) >= 11 is 0. The number of amides is 1. The van der Waals surface area contributed by atoms with E-state index in [1.165, 1.54) is 11.1 Å². The van der Waals surface area contributed by atoms with Crippen LogP contribution >= 0.6 is 0 Å². The van der Waals surface area contributed by atoms with E-state index >= 15 is 0 Å². The molecule has 96 valence electrons. The second-order valence-electron chi connectivity index (χ2n) is 4.44. The first-order chi connectivity index (χ1) is 8.54. The highest BCUT2D eigenvalue weighted by molar-refractivity contribution is 5.77. The fourth-order valence-corrected chi connectivity index (χ4v) is 1.74. The summed E-state index contributed by atoms with van der Waals surface area (Å²) in [7, 11) is 0. The topological polar surface area (TPSA) is 38.3 Å². The number of ether oxygens (including phenoxy) is 1. The minimum atomic E-state index is -0.210. The van der Waals surface area contributed by atoms with Crippen molar-refractivity contribution in [2.24, 2.45) is 0 Å². The van der Waals surface area contributed by atoms with Crippen LogP contribution in [0.2, 0.25) is 0 Å². The Balaban J connectivity index is 2.56. The number of nitrogens with one attached hydrogen (secondary N) is 1. The molecular formula is C15H19NO2. The third-order valence-corrected chi connectivity index (χ3v) is 2.62. The number of benzene rings is 1. The van der Waals surface area contributed by atoms with Gasteiger partial charge in [0.25, 0.3) is 5.91 Å². The maximum absolute atomic E-state index is 11.3. The molecule has 0 spiro atoms. The van der Waals surface area contributed by atoms with Crippen LogP contribution in [0.1, 0.15) is 30.9 Å². The zero-order valence-electron chi connectivity index (χ0n) is 11.1. The van der Waals surface area contributed by atoms with Gasteiger partial charge in [-0.1, -0.05) is 25.8 Å². The first kappa shape index (κ1) is 14.1. The molecule has 0 unspecified atom stereocenters. The fourth-order valence-electron chi connectivity index (χ4n) is 1.74. The van der Waals surface area contributed by atoms with Gasteiger partial charge in [0.1, 0.15) is 5.75 Å². The van der Waals surface area contributed by atoms with Gasteiger partial charge in [-0.2, -0.15) is 0 Å². The summed E-state index contributed by atoms with van der Waals surface area (Å²) in [6.45, 7) is 6.56. The average molecular weight is 245 g/mol. The zero-order valence-corrected chi connectivity index (χ0v) is 11.1. The predicted octanol–water partition coefficient (Wildman–Crippen LogP) is 2.25. The van der Waals surface area contributed by atoms with E-state index in [0.29, 0.717) is 11.7 Å². The second-order valence-corrected chi connectivity index (χ2v) is 4.44. The van der Waals surface area contributed by atoms with E-state index in [1.807, 2.05) is 25.1 Å². The van der Waals surface area contributed by atoms with Gasteiger partial charge in [-0.15, -0.1) is 6.42 Å². The normalized spacial score (nSPS) is 9.94. The van der Waals surface area contributed by atoms with Gasteiger partial charge in [-0.25, -0.2) is 0 Å². The van der Waals surface area contributed by atoms with E-state index < -0.39 is 0 Å². The van der Waals surface area contributed by atoms with E-state index in [2.05, 4.69) is 25.1 Å². The number of rotatable bonds is 5. The van der Waals surface area contributed by atoms with Gasteiger partial charge < -0.3 is 10.1 Å². The number of aryl methyl sites for hydroxylation is 1. The standard InChI is InChI=1S/C15H19NO2/c1-5-8-16-15(17)10-18-13-6-7-14(11(2)3)12(4)9-13/h1,6-7,9,11H,8,10H2,2-4H3,(H,16,17). The van der Waals surface area contributed by atoms with Crippen LogP contribution in [0.5, 0.6) is 5.75 Å². The molecule has 1 amide bonds. The van der Waals surface area contributed by atoms with Crippen LogP contribution in [-0.4, -0.2) is 19.1 Å². The van der Waals surface area contributed by atoms with Gasteiger partial charge in [0.2, 0.25) is 0 Å². The van der Waals surface area contributed by atoms with Crippen LogP contribution in [0.3, 0.4) is 0 Å². The zero-order chi connectivity index (χ0) is 13.5. The Kier molecular flexibility index (Phi) is 5.26. The van der Waals surface area contributed by atoms with Crippen molar-refractivity contribution in [3.63, 3.8) is 0 Å². The van der Waals surface area contributed by atoms with Crippen molar-refractivity contribution in [2.45, 2.75) is 26.7 Å². The molecule has 0 saturated heterocycles. The summed E-state index contributed by atoms with van der Waals surface area (Å²) in [6, 6.07) is 5.87. The summed E-state index contributed by atoms with van der Waals surface area (Å²) in [5.41, 5.74) is 2.46. The molecule has 3 nitrogen and oxygen atoms in total. The highest BCUT2D eigenvalue weighted by Crippen LogP contribution is 2.23. The highest BCUT2D eigenvalue weighted by atomic mass is 16.5. The molecule has 0 heterocycles. The molecule has 3 heteroatoms. The molecule has 0 atom stereocenters. The van der Waals surface area contributed by atoms with Gasteiger partial charge in [0.05, 0.1) is 6.54 Å². The lowest BCUT2D eigenvalue weighted by Crippen LogP contribution is -2.29. The van der Waals surface area contributed by atoms with Gasteiger partial charge in [-0.3, -0.25) is 4.79 Å². The molecule has 0 radical (unpaired) electrons. The third kappa shape index (κ3) is 4.14. The van der Waals surface area contributed by atoms with Crippen molar-refractivity contribution in [3.05, 3.63) is 29.3 Å². The molecule has 1 rings (SSSR count). The maximum Gasteiger partial charge on any atom is 0.258 e. The van der Waals surface area contributed by atoms with Gasteiger partial charge in [0.15, 0.2) is 6.61 Å². The molecule has 0 aliphatic heterocycles. The SMILES string of the molecule is C#CCNC(=O)COc1ccc(C(C)C)c(C)c1. The molecule has 1 aromatic rings. The van der Waals surface area contributed by atoms with E-state index in [4.69, 9.17) is 11.2 Å². The molecule has 0 bridgehead atoms. The highest BCUT2D eigenvalue weighted by Gasteiger charge is 2.06. The van der Waals surface area contributed by atoms with E-state index in [0.717, 1.165) is 0 Å². The lowest BCUT2D eigenvalue weighted by molar-refractivity contribution is -0.122. The molecule has 0 fully saturated rings. The first-order valence-electron chi connectivity index (χ1n) is 5.98. The van der Waals surface area contributed by atoms with Crippen molar-refractivity contribution < 1.29 is 9.53 Å². The number of carbonyl (C=O) groups is 1. The van der Waals surface area contributed by atoms with Crippen molar-refractivity contribution >= 4 is 5.91 Å². The maximum atomic E-state index is 11.3. The summed E-state index contributed by atoms with van der Waals surface area (Å²) in [5.74, 6) is 3.31. The van der Waals surface area contributed by atoms with Crippen LogP contribution in [0.25, 0.3) is 0 Å². The molecule has 0 aliphatic carbocycles. The van der Waals surface area contributed by atoms with Crippen LogP contribution in [0.4, 0.5) is 0 Å². The van der Waals surface area contributed by atoms with Gasteiger partial charge in [-0.05, 0) is 36.1 Å². The minimum Gasteiger partial charge on any atom is -0.484 e. The smallest absolute Gasteiger partial charge is 0.258 e. The Hall–Kier alpha value is -1.95. The van der Waals surface area contributed by atoms with E-state index in [9.17, 15) is 4.79 Å². The fraction of sp³-hybridized carbons (Fsp3) is 0.400. The molecule has 18 heavy (non-hydrogen) atoms. The lowest BCUT2D eigenvalue weighted by atomic mass is 9.98. The lowest BCUT2D eigenvalue weighted by Gasteiger charge is -2.12. The summed E-state index contributed by atoms with van der Waals surface area (Å²) in [5, 5.41) is 2.55. The summed E-state index contributed by atoms with van der Waals surface area (Å²) in [6.07, 6.45) is 5.04. The van der Waals surface area contributed by atoms with Gasteiger partial charge >= 0.3 is 0 Å². The van der Waals surface area contributed by atoms with Crippen molar-refractivity contribution in [2.75, 3.05) is 13.2 Å². The Morgan fingerprint density at radius 3 is 2.78 bits per heavy atom. The van der Waals surface area contributed by atoms with Crippen molar-refractivity contribution in [3.8, 4) is 18.1 Å². The molecule has 1 aromatic carbocycles. The second kappa shape index (κ2) is 6.70. The van der Waals surface area contributed by atoms with E-state index in [1.54, 1.807) is 0 Å². The Morgan fingerprint density at radius 2 is 2.22 bits per heavy atom. The number of hydrogen-bond acceptors (Lipinski definition) is 2. The van der Waals surface area contributed by atoms with Crippen molar-refractivity contribution in [1.29, 1.82) is 0 Å². The molecule has 0 saturated carbocycles. The average Bonchev–Trinajstić information content (AvgIpc) is 2.33. The van der Waals surface area contributed by atoms with Crippen molar-refractivity contribution in [1.82, 2.24) is 5.32 Å². The Labute approximate surface area is 109 Å². The number of carbonyl (C=O) groups excluding carboxylic acids is 1. The molecular weight excluding hydrogens is 226 g/mol. The molecule has 1 N–H and O–H groups in total. The number of terminal acetylenes is 1. The predicted molar refractivity (Wildman–Crippen MR) is 72.6 cm³/mol. The largest absolute Gasteiger partial charge is 0.484 e. The Morgan fingerprint density at radius 1 is 1.50 bits per heavy atom. The van der Waals surface area contributed by atoms with Crippen LogP contribution in [-0.2, 0) is 4.79 Å². The quantitative estimate of drug-likeness (QED) is 0.808. The van der Waals surface area contributed by atoms with Crippen LogP contribution in [0, 0.1) is 19.3 Å². The summed E-state index contributed by atoms with van der Waals surface area (Å²) < 4.78 is 5.40. The first-order valence-corrected chi connectivity index (χ1v) is 5.98. The third-order valence-electron chi connectivity index (χ3n) is 2.62. The van der Waals surface area contributed by atoms with Gasteiger partial charge in [0, 0.05) is 0 Å². The monoisotopic (exact) mass is 245 g/mol. The van der Waals surface area contributed by atoms with Crippen LogP contribution < -0.4 is 10.1 Å².